The highest BCUT2D eigenvalue weighted by molar-refractivity contribution is 4.62. The van der Waals surface area contributed by atoms with Gasteiger partial charge >= 0.3 is 0 Å². The number of rotatable bonds is 18. The summed E-state index contributed by atoms with van der Waals surface area (Å²) in [5.41, 5.74) is 0. The van der Waals surface area contributed by atoms with Crippen LogP contribution in [0.2, 0.25) is 0 Å². The molecule has 0 aromatic rings. The van der Waals surface area contributed by atoms with E-state index in [-0.39, 0.29) is 0 Å². The van der Waals surface area contributed by atoms with Crippen molar-refractivity contribution < 1.29 is 4.74 Å². The standard InChI is InChI=1S/C28H56N2O/c1-2-3-4-5-6-7-8-9-10-13-16-19-22-25-29-30-26-27-31-28-23-20-17-14-11-12-15-18-21-24-28/h28H,2-27H2,1H3/b30-29+. The number of azo groups is 1. The number of unbranched alkanes of at least 4 members (excludes halogenated alkanes) is 12. The third-order valence-corrected chi connectivity index (χ3v) is 6.81. The van der Waals surface area contributed by atoms with Gasteiger partial charge in [-0.05, 0) is 19.3 Å². The Morgan fingerprint density at radius 3 is 1.45 bits per heavy atom. The zero-order valence-electron chi connectivity index (χ0n) is 21.3. The van der Waals surface area contributed by atoms with Crippen LogP contribution < -0.4 is 0 Å². The van der Waals surface area contributed by atoms with Crippen LogP contribution in [0, 0.1) is 0 Å². The van der Waals surface area contributed by atoms with Crippen LogP contribution in [-0.2, 0) is 4.74 Å². The van der Waals surface area contributed by atoms with Crippen LogP contribution in [0.5, 0.6) is 0 Å². The Balaban J connectivity index is 1.83. The number of hydrogen-bond acceptors (Lipinski definition) is 3. The van der Waals surface area contributed by atoms with E-state index in [9.17, 15) is 0 Å². The second-order valence-electron chi connectivity index (χ2n) is 9.87. The summed E-state index contributed by atoms with van der Waals surface area (Å²) in [7, 11) is 0. The molecule has 1 saturated carbocycles. The van der Waals surface area contributed by atoms with E-state index in [1.54, 1.807) is 0 Å². The predicted octanol–water partition coefficient (Wildman–Crippen LogP) is 9.83. The molecule has 0 atom stereocenters. The van der Waals surface area contributed by atoms with Gasteiger partial charge in [0.1, 0.15) is 0 Å². The Morgan fingerprint density at radius 1 is 0.516 bits per heavy atom. The molecule has 0 heterocycles. The molecule has 0 aromatic heterocycles. The van der Waals surface area contributed by atoms with Crippen LogP contribution in [0.15, 0.2) is 10.2 Å². The second-order valence-corrected chi connectivity index (χ2v) is 9.87. The van der Waals surface area contributed by atoms with Crippen molar-refractivity contribution in [2.45, 2.75) is 161 Å². The van der Waals surface area contributed by atoms with Crippen molar-refractivity contribution >= 4 is 0 Å². The SMILES string of the molecule is CCCCCCCCCCCCCCC/N=N/CCOC1CCCCCCCCCC1. The maximum atomic E-state index is 6.13. The Hall–Kier alpha value is -0.440. The third kappa shape index (κ3) is 21.2. The van der Waals surface area contributed by atoms with E-state index in [4.69, 9.17) is 4.74 Å². The summed E-state index contributed by atoms with van der Waals surface area (Å²) in [5, 5.41) is 8.70. The minimum absolute atomic E-state index is 0.467. The molecule has 3 heteroatoms. The van der Waals surface area contributed by atoms with Gasteiger partial charge < -0.3 is 4.74 Å². The van der Waals surface area contributed by atoms with Gasteiger partial charge in [-0.15, -0.1) is 0 Å². The maximum Gasteiger partial charge on any atom is 0.0833 e. The van der Waals surface area contributed by atoms with Gasteiger partial charge in [0.2, 0.25) is 0 Å². The Morgan fingerprint density at radius 2 is 0.935 bits per heavy atom. The summed E-state index contributed by atoms with van der Waals surface area (Å²) in [5.74, 6) is 0. The molecule has 1 aliphatic carbocycles. The van der Waals surface area contributed by atoms with Crippen LogP contribution in [0.3, 0.4) is 0 Å². The van der Waals surface area contributed by atoms with Crippen LogP contribution in [0.1, 0.15) is 155 Å². The van der Waals surface area contributed by atoms with Crippen molar-refractivity contribution in [3.63, 3.8) is 0 Å². The molecule has 0 N–H and O–H groups in total. The normalized spacial score (nSPS) is 17.2. The van der Waals surface area contributed by atoms with E-state index >= 15 is 0 Å². The van der Waals surface area contributed by atoms with Crippen molar-refractivity contribution in [3.05, 3.63) is 0 Å². The molecule has 0 radical (unpaired) electrons. The predicted molar refractivity (Wildman–Crippen MR) is 136 cm³/mol. The number of ether oxygens (including phenoxy) is 1. The highest BCUT2D eigenvalue weighted by Gasteiger charge is 2.09. The first-order valence-electron chi connectivity index (χ1n) is 14.4. The lowest BCUT2D eigenvalue weighted by Crippen LogP contribution is -2.15. The minimum Gasteiger partial charge on any atom is -0.376 e. The number of hydrogen-bond donors (Lipinski definition) is 0. The monoisotopic (exact) mass is 436 g/mol. The van der Waals surface area contributed by atoms with Crippen molar-refractivity contribution in [1.82, 2.24) is 0 Å². The van der Waals surface area contributed by atoms with E-state index < -0.39 is 0 Å². The fourth-order valence-corrected chi connectivity index (χ4v) is 4.72. The van der Waals surface area contributed by atoms with Gasteiger partial charge in [0.25, 0.3) is 0 Å². The lowest BCUT2D eigenvalue weighted by molar-refractivity contribution is 0.0432. The highest BCUT2D eigenvalue weighted by Crippen LogP contribution is 2.19. The fourth-order valence-electron chi connectivity index (χ4n) is 4.72. The molecule has 0 spiro atoms. The first kappa shape index (κ1) is 28.6. The van der Waals surface area contributed by atoms with Crippen molar-refractivity contribution in [1.29, 1.82) is 0 Å². The van der Waals surface area contributed by atoms with Gasteiger partial charge in [0.15, 0.2) is 0 Å². The van der Waals surface area contributed by atoms with Crippen molar-refractivity contribution in [3.8, 4) is 0 Å². The largest absolute Gasteiger partial charge is 0.376 e. The molecule has 1 fully saturated rings. The first-order chi connectivity index (χ1) is 15.4. The second kappa shape index (κ2) is 24.2. The van der Waals surface area contributed by atoms with Gasteiger partial charge in [0, 0.05) is 0 Å². The van der Waals surface area contributed by atoms with E-state index in [0.29, 0.717) is 6.10 Å². The zero-order chi connectivity index (χ0) is 22.1. The summed E-state index contributed by atoms with van der Waals surface area (Å²) in [6.07, 6.45) is 32.3. The molecular formula is C28H56N2O. The Labute approximate surface area is 195 Å². The quantitative estimate of drug-likeness (QED) is 0.155. The molecule has 0 unspecified atom stereocenters. The third-order valence-electron chi connectivity index (χ3n) is 6.81. The van der Waals surface area contributed by atoms with E-state index in [1.807, 2.05) is 0 Å². The first-order valence-corrected chi connectivity index (χ1v) is 14.4. The zero-order valence-corrected chi connectivity index (χ0v) is 21.3. The van der Waals surface area contributed by atoms with E-state index in [1.165, 1.54) is 148 Å². The lowest BCUT2D eigenvalue weighted by Gasteiger charge is -2.16. The Kier molecular flexibility index (Phi) is 22.3. The fraction of sp³-hybridized carbons (Fsp3) is 1.00. The van der Waals surface area contributed by atoms with Crippen LogP contribution in [-0.4, -0.2) is 25.8 Å². The Bertz CT molecular complexity index is 360. The summed E-state index contributed by atoms with van der Waals surface area (Å²) in [6, 6.07) is 0. The van der Waals surface area contributed by atoms with Crippen molar-refractivity contribution in [2.75, 3.05) is 19.7 Å². The van der Waals surface area contributed by atoms with Crippen LogP contribution >= 0.6 is 0 Å². The molecule has 0 saturated heterocycles. The van der Waals surface area contributed by atoms with Gasteiger partial charge in [0.05, 0.1) is 25.8 Å². The molecule has 3 nitrogen and oxygen atoms in total. The summed E-state index contributed by atoms with van der Waals surface area (Å²) in [6.45, 7) is 4.70. The van der Waals surface area contributed by atoms with Gasteiger partial charge in [-0.1, -0.05) is 135 Å². The summed E-state index contributed by atoms with van der Waals surface area (Å²) in [4.78, 5) is 0. The highest BCUT2D eigenvalue weighted by atomic mass is 16.5. The molecule has 0 bridgehead atoms. The molecular weight excluding hydrogens is 380 g/mol. The molecule has 0 aliphatic heterocycles. The van der Waals surface area contributed by atoms with Crippen molar-refractivity contribution in [2.24, 2.45) is 10.2 Å². The topological polar surface area (TPSA) is 34.0 Å². The molecule has 184 valence electrons. The van der Waals surface area contributed by atoms with Crippen LogP contribution in [0.25, 0.3) is 0 Å². The van der Waals surface area contributed by atoms with E-state index in [0.717, 1.165) is 19.7 Å². The molecule has 0 amide bonds. The van der Waals surface area contributed by atoms with E-state index in [2.05, 4.69) is 17.2 Å². The van der Waals surface area contributed by atoms with Crippen LogP contribution in [0.4, 0.5) is 0 Å². The maximum absolute atomic E-state index is 6.13. The summed E-state index contributed by atoms with van der Waals surface area (Å²) >= 11 is 0. The van der Waals surface area contributed by atoms with Gasteiger partial charge in [-0.2, -0.15) is 10.2 Å². The lowest BCUT2D eigenvalue weighted by atomic mass is 10.0. The average molecular weight is 437 g/mol. The minimum atomic E-state index is 0.467. The molecule has 1 aliphatic rings. The average Bonchev–Trinajstić information content (AvgIpc) is 2.84. The summed E-state index contributed by atoms with van der Waals surface area (Å²) < 4.78 is 6.13. The molecule has 0 aromatic carbocycles. The smallest absolute Gasteiger partial charge is 0.0833 e. The van der Waals surface area contributed by atoms with Gasteiger partial charge in [-0.3, -0.25) is 0 Å². The molecule has 31 heavy (non-hydrogen) atoms. The molecule has 1 rings (SSSR count). The number of nitrogens with zero attached hydrogens (tertiary/aromatic N) is 2. The van der Waals surface area contributed by atoms with Gasteiger partial charge in [-0.25, -0.2) is 0 Å².